The normalized spacial score (nSPS) is 15.9. The molecule has 0 radical (unpaired) electrons. The molecule has 20 heavy (non-hydrogen) atoms. The number of hydrogen-bond acceptors (Lipinski definition) is 2. The number of aryl methyl sites for hydroxylation is 1. The lowest BCUT2D eigenvalue weighted by atomic mass is 10.00. The predicted molar refractivity (Wildman–Crippen MR) is 75.3 cm³/mol. The summed E-state index contributed by atoms with van der Waals surface area (Å²) in [5.74, 6) is 0.420. The van der Waals surface area contributed by atoms with Crippen LogP contribution in [-0.2, 0) is 0 Å². The number of aliphatic hydroxyl groups is 1. The minimum Gasteiger partial charge on any atom is -0.490 e. The summed E-state index contributed by atoms with van der Waals surface area (Å²) in [6, 6.07) is 12.1. The SMILES string of the molecule is Cc1ccc(C(O)c2ccc(OC3CC3)cc2)c(F)c1. The Morgan fingerprint density at radius 1 is 1.15 bits per heavy atom. The van der Waals surface area contributed by atoms with Crippen molar-refractivity contribution in [3.05, 3.63) is 65.0 Å². The number of aliphatic hydroxyl groups excluding tert-OH is 1. The van der Waals surface area contributed by atoms with Gasteiger partial charge in [0.15, 0.2) is 0 Å². The summed E-state index contributed by atoms with van der Waals surface area (Å²) in [4.78, 5) is 0. The molecule has 1 unspecified atom stereocenters. The van der Waals surface area contributed by atoms with E-state index in [1.54, 1.807) is 24.3 Å². The van der Waals surface area contributed by atoms with E-state index in [1.807, 2.05) is 19.1 Å². The topological polar surface area (TPSA) is 29.5 Å². The maximum Gasteiger partial charge on any atom is 0.129 e. The average Bonchev–Trinajstić information content (AvgIpc) is 3.23. The zero-order chi connectivity index (χ0) is 14.1. The Morgan fingerprint density at radius 2 is 1.85 bits per heavy atom. The second-order valence-electron chi connectivity index (χ2n) is 5.31. The summed E-state index contributed by atoms with van der Waals surface area (Å²) in [6.45, 7) is 1.82. The first-order valence-electron chi connectivity index (χ1n) is 6.84. The second-order valence-corrected chi connectivity index (χ2v) is 5.31. The molecule has 1 aliphatic rings. The van der Waals surface area contributed by atoms with Gasteiger partial charge in [-0.3, -0.25) is 0 Å². The third-order valence-electron chi connectivity index (χ3n) is 3.47. The summed E-state index contributed by atoms with van der Waals surface area (Å²) in [5, 5.41) is 10.3. The molecular formula is C17H17FO2. The fourth-order valence-electron chi connectivity index (χ4n) is 2.14. The van der Waals surface area contributed by atoms with Gasteiger partial charge < -0.3 is 9.84 Å². The van der Waals surface area contributed by atoms with Crippen molar-refractivity contribution < 1.29 is 14.2 Å². The summed E-state index contributed by atoms with van der Waals surface area (Å²) >= 11 is 0. The second kappa shape index (κ2) is 5.25. The highest BCUT2D eigenvalue weighted by Gasteiger charge is 2.23. The molecule has 2 aromatic carbocycles. The van der Waals surface area contributed by atoms with Crippen molar-refractivity contribution in [3.63, 3.8) is 0 Å². The fraction of sp³-hybridized carbons (Fsp3) is 0.294. The van der Waals surface area contributed by atoms with Crippen LogP contribution in [-0.4, -0.2) is 11.2 Å². The Kier molecular flexibility index (Phi) is 3.45. The van der Waals surface area contributed by atoms with Gasteiger partial charge in [-0.05, 0) is 49.1 Å². The van der Waals surface area contributed by atoms with E-state index in [0.717, 1.165) is 24.2 Å². The van der Waals surface area contributed by atoms with Crippen molar-refractivity contribution in [3.8, 4) is 5.75 Å². The maximum absolute atomic E-state index is 13.9. The highest BCUT2D eigenvalue weighted by molar-refractivity contribution is 5.35. The number of rotatable bonds is 4. The van der Waals surface area contributed by atoms with E-state index in [2.05, 4.69) is 0 Å². The molecule has 0 amide bonds. The van der Waals surface area contributed by atoms with Crippen molar-refractivity contribution in [1.29, 1.82) is 0 Å². The van der Waals surface area contributed by atoms with Crippen LogP contribution < -0.4 is 4.74 Å². The zero-order valence-corrected chi connectivity index (χ0v) is 11.3. The standard InChI is InChI=1S/C17H17FO2/c1-11-2-9-15(16(18)10-11)17(19)12-3-5-13(6-4-12)20-14-7-8-14/h2-6,9-10,14,17,19H,7-8H2,1H3. The van der Waals surface area contributed by atoms with Crippen LogP contribution in [0.4, 0.5) is 4.39 Å². The largest absolute Gasteiger partial charge is 0.490 e. The molecule has 1 N–H and O–H groups in total. The molecule has 0 saturated heterocycles. The lowest BCUT2D eigenvalue weighted by molar-refractivity contribution is 0.214. The third-order valence-corrected chi connectivity index (χ3v) is 3.47. The molecular weight excluding hydrogens is 255 g/mol. The van der Waals surface area contributed by atoms with Gasteiger partial charge >= 0.3 is 0 Å². The van der Waals surface area contributed by atoms with Gasteiger partial charge in [-0.1, -0.05) is 24.3 Å². The van der Waals surface area contributed by atoms with Crippen LogP contribution in [0.2, 0.25) is 0 Å². The van der Waals surface area contributed by atoms with Gasteiger partial charge in [-0.15, -0.1) is 0 Å². The maximum atomic E-state index is 13.9. The quantitative estimate of drug-likeness (QED) is 0.918. The molecule has 3 heteroatoms. The van der Waals surface area contributed by atoms with E-state index in [1.165, 1.54) is 6.07 Å². The summed E-state index contributed by atoms with van der Waals surface area (Å²) in [6.07, 6.45) is 1.61. The number of halogens is 1. The lowest BCUT2D eigenvalue weighted by Crippen LogP contribution is -2.03. The van der Waals surface area contributed by atoms with Gasteiger partial charge in [0.25, 0.3) is 0 Å². The third kappa shape index (κ3) is 2.83. The van der Waals surface area contributed by atoms with Gasteiger partial charge in [-0.2, -0.15) is 0 Å². The molecule has 3 rings (SSSR count). The van der Waals surface area contributed by atoms with Crippen molar-refractivity contribution in [2.45, 2.75) is 32.0 Å². The average molecular weight is 272 g/mol. The summed E-state index contributed by atoms with van der Waals surface area (Å²) < 4.78 is 19.5. The Bertz CT molecular complexity index is 603. The van der Waals surface area contributed by atoms with Crippen LogP contribution in [0.1, 0.15) is 35.6 Å². The molecule has 2 nitrogen and oxygen atoms in total. The smallest absolute Gasteiger partial charge is 0.129 e. The highest BCUT2D eigenvalue weighted by atomic mass is 19.1. The van der Waals surface area contributed by atoms with E-state index in [4.69, 9.17) is 4.74 Å². The van der Waals surface area contributed by atoms with Gasteiger partial charge in [0.2, 0.25) is 0 Å². The molecule has 1 fully saturated rings. The molecule has 1 atom stereocenters. The molecule has 0 aromatic heterocycles. The van der Waals surface area contributed by atoms with Crippen LogP contribution >= 0.6 is 0 Å². The number of hydrogen-bond donors (Lipinski definition) is 1. The van der Waals surface area contributed by atoms with Gasteiger partial charge in [0.05, 0.1) is 6.10 Å². The lowest BCUT2D eigenvalue weighted by Gasteiger charge is -2.13. The Hall–Kier alpha value is -1.87. The minimum absolute atomic E-state index is 0.298. The Balaban J connectivity index is 1.80. The first-order valence-corrected chi connectivity index (χ1v) is 6.84. The van der Waals surface area contributed by atoms with Crippen LogP contribution in [0.5, 0.6) is 5.75 Å². The summed E-state index contributed by atoms with van der Waals surface area (Å²) in [5.41, 5.74) is 1.80. The van der Waals surface area contributed by atoms with Crippen molar-refractivity contribution in [1.82, 2.24) is 0 Å². The molecule has 1 aliphatic carbocycles. The van der Waals surface area contributed by atoms with E-state index >= 15 is 0 Å². The van der Waals surface area contributed by atoms with E-state index in [-0.39, 0.29) is 5.82 Å². The highest BCUT2D eigenvalue weighted by Crippen LogP contribution is 2.29. The Morgan fingerprint density at radius 3 is 2.45 bits per heavy atom. The van der Waals surface area contributed by atoms with E-state index in [0.29, 0.717) is 17.2 Å². The van der Waals surface area contributed by atoms with Crippen LogP contribution in [0, 0.1) is 12.7 Å². The zero-order valence-electron chi connectivity index (χ0n) is 11.3. The van der Waals surface area contributed by atoms with E-state index in [9.17, 15) is 9.50 Å². The van der Waals surface area contributed by atoms with Crippen LogP contribution in [0.15, 0.2) is 42.5 Å². The molecule has 104 valence electrons. The number of ether oxygens (including phenoxy) is 1. The molecule has 0 spiro atoms. The molecule has 0 bridgehead atoms. The first kappa shape index (κ1) is 13.1. The molecule has 0 aliphatic heterocycles. The Labute approximate surface area is 117 Å². The summed E-state index contributed by atoms with van der Waals surface area (Å²) in [7, 11) is 0. The number of benzene rings is 2. The fourth-order valence-corrected chi connectivity index (χ4v) is 2.14. The van der Waals surface area contributed by atoms with Crippen molar-refractivity contribution >= 4 is 0 Å². The predicted octanol–water partition coefficient (Wildman–Crippen LogP) is 3.76. The van der Waals surface area contributed by atoms with E-state index < -0.39 is 6.10 Å². The van der Waals surface area contributed by atoms with Crippen LogP contribution in [0.25, 0.3) is 0 Å². The van der Waals surface area contributed by atoms with Gasteiger partial charge in [-0.25, -0.2) is 4.39 Å². The van der Waals surface area contributed by atoms with Crippen molar-refractivity contribution in [2.24, 2.45) is 0 Å². The van der Waals surface area contributed by atoms with Gasteiger partial charge in [0, 0.05) is 5.56 Å². The minimum atomic E-state index is -0.953. The van der Waals surface area contributed by atoms with Gasteiger partial charge in [0.1, 0.15) is 17.7 Å². The monoisotopic (exact) mass is 272 g/mol. The van der Waals surface area contributed by atoms with Crippen molar-refractivity contribution in [2.75, 3.05) is 0 Å². The van der Waals surface area contributed by atoms with Crippen LogP contribution in [0.3, 0.4) is 0 Å². The first-order chi connectivity index (χ1) is 9.63. The molecule has 2 aromatic rings. The molecule has 0 heterocycles. The molecule has 1 saturated carbocycles.